The van der Waals surface area contributed by atoms with Gasteiger partial charge in [-0.3, -0.25) is 14.9 Å². The topological polar surface area (TPSA) is 122 Å². The first kappa shape index (κ1) is 28.1. The summed E-state index contributed by atoms with van der Waals surface area (Å²) in [5.74, 6) is 1.73. The number of hydrogen-bond acceptors (Lipinski definition) is 8. The maximum absolute atomic E-state index is 13.6. The van der Waals surface area contributed by atoms with E-state index in [-0.39, 0.29) is 23.7 Å². The minimum absolute atomic E-state index is 0.0150. The van der Waals surface area contributed by atoms with Crippen LogP contribution < -0.4 is 15.0 Å². The number of benzene rings is 4. The van der Waals surface area contributed by atoms with Gasteiger partial charge in [0.05, 0.1) is 32.2 Å². The van der Waals surface area contributed by atoms with Gasteiger partial charge >= 0.3 is 0 Å². The second kappa shape index (κ2) is 12.1. The van der Waals surface area contributed by atoms with E-state index < -0.39 is 4.92 Å². The highest BCUT2D eigenvalue weighted by molar-refractivity contribution is 14.1. The molecule has 0 N–H and O–H groups in total. The van der Waals surface area contributed by atoms with Gasteiger partial charge in [-0.1, -0.05) is 30.3 Å². The largest absolute Gasteiger partial charge is 0.490 e. The van der Waals surface area contributed by atoms with Gasteiger partial charge in [-0.2, -0.15) is 9.78 Å². The van der Waals surface area contributed by atoms with Crippen LogP contribution in [0.4, 0.5) is 5.69 Å². The zero-order valence-corrected chi connectivity index (χ0v) is 24.9. The maximum Gasteiger partial charge on any atom is 0.282 e. The molecule has 0 unspecified atom stereocenters. The monoisotopic (exact) mass is 686 g/mol. The number of aromatic nitrogens is 2. The highest BCUT2D eigenvalue weighted by Crippen LogP contribution is 2.35. The number of nitrogens with zero attached hydrogens (tertiary/aromatic N) is 4. The number of hydrogen-bond donors (Lipinski definition) is 0. The summed E-state index contributed by atoms with van der Waals surface area (Å²) < 4.78 is 20.0. The summed E-state index contributed by atoms with van der Waals surface area (Å²) in [6, 6.07) is 26.3. The van der Waals surface area contributed by atoms with Crippen LogP contribution in [-0.2, 0) is 6.61 Å². The molecule has 6 rings (SSSR count). The molecule has 43 heavy (non-hydrogen) atoms. The normalized spacial score (nSPS) is 11.4. The minimum Gasteiger partial charge on any atom is -0.490 e. The molecule has 0 aliphatic carbocycles. The quantitative estimate of drug-likeness (QED) is 0.0684. The smallest absolute Gasteiger partial charge is 0.282 e. The van der Waals surface area contributed by atoms with Crippen LogP contribution in [0.15, 0.2) is 105 Å². The fourth-order valence-electron chi connectivity index (χ4n) is 4.54. The first-order valence-electron chi connectivity index (χ1n) is 13.3. The van der Waals surface area contributed by atoms with Crippen molar-refractivity contribution in [2.24, 2.45) is 5.10 Å². The zero-order valence-electron chi connectivity index (χ0n) is 22.8. The molecule has 0 radical (unpaired) electrons. The summed E-state index contributed by atoms with van der Waals surface area (Å²) in [7, 11) is 0. The molecular weight excluding hydrogens is 663 g/mol. The van der Waals surface area contributed by atoms with Crippen molar-refractivity contribution in [3.8, 4) is 23.1 Å². The third-order valence-corrected chi connectivity index (χ3v) is 7.39. The van der Waals surface area contributed by atoms with Crippen LogP contribution in [0.3, 0.4) is 0 Å². The second-order valence-corrected chi connectivity index (χ2v) is 10.6. The summed E-state index contributed by atoms with van der Waals surface area (Å²) in [5.41, 5.74) is 2.34. The van der Waals surface area contributed by atoms with E-state index in [2.05, 4.69) is 27.7 Å². The Morgan fingerprint density at radius 3 is 2.56 bits per heavy atom. The van der Waals surface area contributed by atoms with Crippen LogP contribution in [-0.4, -0.2) is 27.4 Å². The average molecular weight is 686 g/mol. The van der Waals surface area contributed by atoms with Gasteiger partial charge in [-0.05, 0) is 89.2 Å². The number of furan rings is 1. The van der Waals surface area contributed by atoms with Crippen molar-refractivity contribution in [1.82, 2.24) is 9.66 Å². The van der Waals surface area contributed by atoms with E-state index in [1.165, 1.54) is 16.8 Å². The Labute approximate surface area is 258 Å². The Morgan fingerprint density at radius 1 is 1.02 bits per heavy atom. The fraction of sp³-hybridized carbons (Fsp3) is 0.0938. The molecule has 0 fully saturated rings. The van der Waals surface area contributed by atoms with Crippen LogP contribution >= 0.6 is 22.6 Å². The van der Waals surface area contributed by atoms with E-state index in [0.29, 0.717) is 45.9 Å². The van der Waals surface area contributed by atoms with E-state index >= 15 is 0 Å². The summed E-state index contributed by atoms with van der Waals surface area (Å²) in [5, 5.41) is 16.8. The molecule has 0 aliphatic rings. The lowest BCUT2D eigenvalue weighted by molar-refractivity contribution is -0.384. The lowest BCUT2D eigenvalue weighted by atomic mass is 10.2. The molecule has 0 aliphatic heterocycles. The van der Waals surface area contributed by atoms with Crippen molar-refractivity contribution >= 4 is 56.4 Å². The maximum atomic E-state index is 13.6. The van der Waals surface area contributed by atoms with Crippen molar-refractivity contribution < 1.29 is 18.8 Å². The SMILES string of the molecule is CCOc1cc(C=Nn2c(-c3cc4ccccc4o3)nc3ccccc3c2=O)cc(I)c1OCc1ccc([N+](=O)[O-])cc1. The Morgan fingerprint density at radius 2 is 1.79 bits per heavy atom. The third-order valence-electron chi connectivity index (χ3n) is 6.58. The first-order chi connectivity index (χ1) is 20.9. The number of halogens is 1. The molecule has 4 aromatic carbocycles. The standard InChI is InChI=1S/C32H23IN4O6/c1-2-41-28-16-21(15-25(33)30(28)42-19-20-11-13-23(14-12-20)37(39)40)18-34-36-31(29-17-22-7-3-6-10-27(22)43-29)35-26-9-5-4-8-24(26)32(36)38/h3-18H,2,19H2,1H3. The summed E-state index contributed by atoms with van der Waals surface area (Å²) >= 11 is 2.15. The average Bonchev–Trinajstić information content (AvgIpc) is 3.45. The Hall–Kier alpha value is -5.04. The van der Waals surface area contributed by atoms with Gasteiger partial charge in [-0.15, -0.1) is 0 Å². The molecule has 0 saturated carbocycles. The molecular formula is C32H23IN4O6. The van der Waals surface area contributed by atoms with E-state index in [9.17, 15) is 14.9 Å². The molecule has 0 amide bonds. The van der Waals surface area contributed by atoms with Crippen LogP contribution in [0.5, 0.6) is 11.5 Å². The van der Waals surface area contributed by atoms with E-state index in [1.807, 2.05) is 49.4 Å². The van der Waals surface area contributed by atoms with Gasteiger partial charge in [0.15, 0.2) is 17.3 Å². The third kappa shape index (κ3) is 5.84. The summed E-state index contributed by atoms with van der Waals surface area (Å²) in [6.07, 6.45) is 1.56. The van der Waals surface area contributed by atoms with E-state index in [0.717, 1.165) is 14.5 Å². The van der Waals surface area contributed by atoms with Crippen molar-refractivity contribution in [2.45, 2.75) is 13.5 Å². The predicted molar refractivity (Wildman–Crippen MR) is 172 cm³/mol. The number of nitro groups is 1. The lowest BCUT2D eigenvalue weighted by Crippen LogP contribution is -2.20. The molecule has 0 spiro atoms. The fourth-order valence-corrected chi connectivity index (χ4v) is 5.32. The highest BCUT2D eigenvalue weighted by Gasteiger charge is 2.17. The van der Waals surface area contributed by atoms with Crippen molar-refractivity contribution in [1.29, 1.82) is 0 Å². The van der Waals surface area contributed by atoms with E-state index in [4.69, 9.17) is 18.9 Å². The second-order valence-electron chi connectivity index (χ2n) is 9.44. The molecule has 0 atom stereocenters. The summed E-state index contributed by atoms with van der Waals surface area (Å²) in [4.78, 5) is 28.9. The lowest BCUT2D eigenvalue weighted by Gasteiger charge is -2.15. The van der Waals surface area contributed by atoms with E-state index in [1.54, 1.807) is 42.6 Å². The van der Waals surface area contributed by atoms with Crippen LogP contribution in [0, 0.1) is 13.7 Å². The Balaban J connectivity index is 1.36. The minimum atomic E-state index is -0.442. The van der Waals surface area contributed by atoms with Gasteiger partial charge in [0, 0.05) is 17.5 Å². The number of non-ortho nitro benzene ring substituents is 1. The molecule has 2 aromatic heterocycles. The van der Waals surface area contributed by atoms with Crippen LogP contribution in [0.25, 0.3) is 33.5 Å². The van der Waals surface area contributed by atoms with Gasteiger partial charge in [0.2, 0.25) is 5.82 Å². The first-order valence-corrected chi connectivity index (χ1v) is 14.4. The molecule has 0 saturated heterocycles. The number of rotatable bonds is 9. The van der Waals surface area contributed by atoms with Gasteiger partial charge in [0.25, 0.3) is 11.2 Å². The summed E-state index contributed by atoms with van der Waals surface area (Å²) in [6.45, 7) is 2.46. The van der Waals surface area contributed by atoms with Gasteiger partial charge in [-0.25, -0.2) is 4.98 Å². The molecule has 214 valence electrons. The van der Waals surface area contributed by atoms with Crippen LogP contribution in [0.2, 0.25) is 0 Å². The van der Waals surface area contributed by atoms with Crippen molar-refractivity contribution in [3.05, 3.63) is 126 Å². The van der Waals surface area contributed by atoms with Crippen molar-refractivity contribution in [2.75, 3.05) is 6.61 Å². The van der Waals surface area contributed by atoms with Gasteiger partial charge in [0.1, 0.15) is 12.2 Å². The zero-order chi connectivity index (χ0) is 29.9. The predicted octanol–water partition coefficient (Wildman–Crippen LogP) is 7.18. The molecule has 10 nitrogen and oxygen atoms in total. The molecule has 2 heterocycles. The number of fused-ring (bicyclic) bond motifs is 2. The van der Waals surface area contributed by atoms with Crippen LogP contribution in [0.1, 0.15) is 18.1 Å². The Bertz CT molecular complexity index is 2030. The van der Waals surface area contributed by atoms with Gasteiger partial charge < -0.3 is 13.9 Å². The molecule has 0 bridgehead atoms. The highest BCUT2D eigenvalue weighted by atomic mass is 127. The number of nitro benzene ring substituents is 1. The molecule has 11 heteroatoms. The number of ether oxygens (including phenoxy) is 2. The molecule has 6 aromatic rings. The van der Waals surface area contributed by atoms with Crippen molar-refractivity contribution in [3.63, 3.8) is 0 Å². The Kier molecular flexibility index (Phi) is 7.88. The number of para-hydroxylation sites is 2.